The van der Waals surface area contributed by atoms with E-state index in [9.17, 15) is 0 Å². The number of fused-ring (bicyclic) bond motifs is 1. The van der Waals surface area contributed by atoms with E-state index in [1.807, 2.05) is 49.4 Å². The summed E-state index contributed by atoms with van der Waals surface area (Å²) in [5.74, 6) is 0.635. The van der Waals surface area contributed by atoms with Gasteiger partial charge in [0.1, 0.15) is 5.52 Å². The van der Waals surface area contributed by atoms with Gasteiger partial charge in [0.2, 0.25) is 0 Å². The number of para-hydroxylation sites is 2. The quantitative estimate of drug-likeness (QED) is 0.791. The highest BCUT2D eigenvalue weighted by Crippen LogP contribution is 2.27. The molecule has 0 aliphatic heterocycles. The lowest BCUT2D eigenvalue weighted by atomic mass is 10.0. The highest BCUT2D eigenvalue weighted by atomic mass is 35.5. The molecule has 2 N–H and O–H groups in total. The molecular formula is C16H15ClN2O. The van der Waals surface area contributed by atoms with Gasteiger partial charge in [-0.1, -0.05) is 41.9 Å². The van der Waals surface area contributed by atoms with E-state index in [0.29, 0.717) is 12.3 Å². The first-order chi connectivity index (χ1) is 9.65. The second-order valence-corrected chi connectivity index (χ2v) is 5.24. The predicted octanol–water partition coefficient (Wildman–Crippen LogP) is 4.03. The van der Waals surface area contributed by atoms with Gasteiger partial charge in [-0.05, 0) is 30.2 Å². The molecule has 0 aliphatic rings. The van der Waals surface area contributed by atoms with Crippen molar-refractivity contribution in [2.45, 2.75) is 19.4 Å². The van der Waals surface area contributed by atoms with Crippen LogP contribution in [0.25, 0.3) is 11.1 Å². The van der Waals surface area contributed by atoms with Crippen LogP contribution in [0.1, 0.15) is 23.1 Å². The third-order valence-electron chi connectivity index (χ3n) is 3.35. The zero-order valence-electron chi connectivity index (χ0n) is 11.1. The highest BCUT2D eigenvalue weighted by molar-refractivity contribution is 6.32. The summed E-state index contributed by atoms with van der Waals surface area (Å²) in [4.78, 5) is 4.44. The summed E-state index contributed by atoms with van der Waals surface area (Å²) >= 11 is 6.30. The van der Waals surface area contributed by atoms with Crippen LogP contribution < -0.4 is 5.73 Å². The number of hydrogen-bond donors (Lipinski definition) is 1. The molecule has 0 amide bonds. The van der Waals surface area contributed by atoms with Crippen LogP contribution in [0, 0.1) is 6.92 Å². The van der Waals surface area contributed by atoms with E-state index in [0.717, 1.165) is 27.2 Å². The van der Waals surface area contributed by atoms with Crippen LogP contribution >= 0.6 is 11.6 Å². The van der Waals surface area contributed by atoms with E-state index in [1.165, 1.54) is 0 Å². The average Bonchev–Trinajstić information content (AvgIpc) is 2.83. The van der Waals surface area contributed by atoms with E-state index in [2.05, 4.69) is 4.98 Å². The number of rotatable bonds is 3. The van der Waals surface area contributed by atoms with Gasteiger partial charge < -0.3 is 10.2 Å². The second kappa shape index (κ2) is 5.27. The maximum Gasteiger partial charge on any atom is 0.197 e. The van der Waals surface area contributed by atoms with Crippen LogP contribution in [0.2, 0.25) is 5.02 Å². The smallest absolute Gasteiger partial charge is 0.197 e. The van der Waals surface area contributed by atoms with Crippen LogP contribution in [-0.4, -0.2) is 4.98 Å². The van der Waals surface area contributed by atoms with Crippen molar-refractivity contribution in [3.05, 3.63) is 64.5 Å². The summed E-state index contributed by atoms with van der Waals surface area (Å²) in [5, 5.41) is 0.719. The van der Waals surface area contributed by atoms with Crippen molar-refractivity contribution in [1.82, 2.24) is 4.98 Å². The van der Waals surface area contributed by atoms with Crippen molar-refractivity contribution < 1.29 is 4.42 Å². The molecule has 20 heavy (non-hydrogen) atoms. The molecule has 0 fully saturated rings. The number of nitrogens with zero attached hydrogens (tertiary/aromatic N) is 1. The second-order valence-electron chi connectivity index (χ2n) is 4.86. The lowest BCUT2D eigenvalue weighted by Gasteiger charge is -2.13. The fourth-order valence-corrected chi connectivity index (χ4v) is 2.53. The first-order valence-corrected chi connectivity index (χ1v) is 6.88. The van der Waals surface area contributed by atoms with Crippen molar-refractivity contribution >= 4 is 22.7 Å². The standard InChI is InChI=1S/C16H15ClN2O/c1-10-5-4-6-11(16(10)17)12(18)9-15-19-13-7-2-3-8-14(13)20-15/h2-8,12H,9,18H2,1H3. The molecule has 0 aliphatic carbocycles. The van der Waals surface area contributed by atoms with E-state index in [1.54, 1.807) is 0 Å². The van der Waals surface area contributed by atoms with E-state index >= 15 is 0 Å². The number of nitrogens with two attached hydrogens (primary N) is 1. The van der Waals surface area contributed by atoms with Gasteiger partial charge >= 0.3 is 0 Å². The van der Waals surface area contributed by atoms with Crippen LogP contribution in [0.5, 0.6) is 0 Å². The fourth-order valence-electron chi connectivity index (χ4n) is 2.26. The largest absolute Gasteiger partial charge is 0.441 e. The summed E-state index contributed by atoms with van der Waals surface area (Å²) in [6.07, 6.45) is 0.526. The lowest BCUT2D eigenvalue weighted by molar-refractivity contribution is 0.502. The van der Waals surface area contributed by atoms with Gasteiger partial charge in [-0.25, -0.2) is 4.98 Å². The molecule has 1 aromatic heterocycles. The molecule has 1 unspecified atom stereocenters. The Morgan fingerprint density at radius 2 is 2.00 bits per heavy atom. The molecule has 0 saturated heterocycles. The molecule has 3 aromatic rings. The third-order valence-corrected chi connectivity index (χ3v) is 3.87. The number of aryl methyl sites for hydroxylation is 1. The molecular weight excluding hydrogens is 272 g/mol. The number of benzene rings is 2. The van der Waals surface area contributed by atoms with E-state index in [-0.39, 0.29) is 6.04 Å². The Labute approximate surface area is 122 Å². The lowest BCUT2D eigenvalue weighted by Crippen LogP contribution is -2.14. The Kier molecular flexibility index (Phi) is 3.47. The van der Waals surface area contributed by atoms with Crippen LogP contribution in [0.4, 0.5) is 0 Å². The van der Waals surface area contributed by atoms with E-state index in [4.69, 9.17) is 21.8 Å². The number of hydrogen-bond acceptors (Lipinski definition) is 3. The van der Waals surface area contributed by atoms with E-state index < -0.39 is 0 Å². The number of halogens is 1. The Morgan fingerprint density at radius 3 is 2.80 bits per heavy atom. The van der Waals surface area contributed by atoms with Crippen molar-refractivity contribution in [2.24, 2.45) is 5.73 Å². The highest BCUT2D eigenvalue weighted by Gasteiger charge is 2.15. The normalized spacial score (nSPS) is 12.8. The Hall–Kier alpha value is -1.84. The molecule has 0 spiro atoms. The Morgan fingerprint density at radius 1 is 1.20 bits per heavy atom. The van der Waals surface area contributed by atoms with Gasteiger partial charge in [0.15, 0.2) is 11.5 Å². The predicted molar refractivity (Wildman–Crippen MR) is 80.8 cm³/mol. The van der Waals surface area contributed by atoms with Gasteiger partial charge in [-0.3, -0.25) is 0 Å². The third kappa shape index (κ3) is 2.42. The zero-order chi connectivity index (χ0) is 14.1. The summed E-state index contributed by atoms with van der Waals surface area (Å²) < 4.78 is 5.70. The van der Waals surface area contributed by atoms with Gasteiger partial charge in [-0.15, -0.1) is 0 Å². The molecule has 3 rings (SSSR count). The number of oxazole rings is 1. The van der Waals surface area contributed by atoms with Crippen molar-refractivity contribution in [3.8, 4) is 0 Å². The molecule has 1 heterocycles. The zero-order valence-corrected chi connectivity index (χ0v) is 11.9. The van der Waals surface area contributed by atoms with Gasteiger partial charge in [0.25, 0.3) is 0 Å². The minimum atomic E-state index is -0.226. The summed E-state index contributed by atoms with van der Waals surface area (Å²) in [7, 11) is 0. The minimum absolute atomic E-state index is 0.226. The summed E-state index contributed by atoms with van der Waals surface area (Å²) in [5.41, 5.74) is 9.82. The van der Waals surface area contributed by atoms with Crippen LogP contribution in [0.3, 0.4) is 0 Å². The minimum Gasteiger partial charge on any atom is -0.441 e. The van der Waals surface area contributed by atoms with Gasteiger partial charge in [0.05, 0.1) is 0 Å². The summed E-state index contributed by atoms with van der Waals surface area (Å²) in [6.45, 7) is 1.97. The number of aromatic nitrogens is 1. The SMILES string of the molecule is Cc1cccc(C(N)Cc2nc3ccccc3o2)c1Cl. The van der Waals surface area contributed by atoms with Gasteiger partial charge in [0, 0.05) is 17.5 Å². The molecule has 0 radical (unpaired) electrons. The summed E-state index contributed by atoms with van der Waals surface area (Å²) in [6, 6.07) is 13.3. The van der Waals surface area contributed by atoms with Crippen molar-refractivity contribution in [2.75, 3.05) is 0 Å². The molecule has 0 bridgehead atoms. The van der Waals surface area contributed by atoms with Crippen LogP contribution in [0.15, 0.2) is 46.9 Å². The topological polar surface area (TPSA) is 52.0 Å². The maximum absolute atomic E-state index is 6.30. The van der Waals surface area contributed by atoms with Crippen molar-refractivity contribution in [1.29, 1.82) is 0 Å². The average molecular weight is 287 g/mol. The first kappa shape index (κ1) is 13.2. The molecule has 3 nitrogen and oxygen atoms in total. The fraction of sp³-hybridized carbons (Fsp3) is 0.188. The molecule has 2 aromatic carbocycles. The van der Waals surface area contributed by atoms with Crippen LogP contribution in [-0.2, 0) is 6.42 Å². The molecule has 1 atom stereocenters. The molecule has 0 saturated carbocycles. The Balaban J connectivity index is 1.88. The monoisotopic (exact) mass is 286 g/mol. The van der Waals surface area contributed by atoms with Crippen molar-refractivity contribution in [3.63, 3.8) is 0 Å². The molecule has 102 valence electrons. The van der Waals surface area contributed by atoms with Gasteiger partial charge in [-0.2, -0.15) is 0 Å². The molecule has 4 heteroatoms. The Bertz CT molecular complexity index is 718. The first-order valence-electron chi connectivity index (χ1n) is 6.50. The maximum atomic E-state index is 6.30.